The molecule has 0 aliphatic carbocycles. The first-order chi connectivity index (χ1) is 6.81. The summed E-state index contributed by atoms with van der Waals surface area (Å²) in [5.74, 6) is 5.58. The van der Waals surface area contributed by atoms with E-state index in [0.29, 0.717) is 17.5 Å². The summed E-state index contributed by atoms with van der Waals surface area (Å²) in [6.07, 6.45) is 0. The number of benzene rings is 1. The van der Waals surface area contributed by atoms with Gasteiger partial charge in [-0.25, -0.2) is 4.79 Å². The van der Waals surface area contributed by atoms with Gasteiger partial charge < -0.3 is 4.74 Å². The number of ether oxygens (including phenoxy) is 1. The molecule has 0 bridgehead atoms. The molecular formula is C11H7BrO2. The van der Waals surface area contributed by atoms with Crippen LogP contribution in [0.25, 0.3) is 0 Å². The van der Waals surface area contributed by atoms with Gasteiger partial charge in [0.2, 0.25) is 0 Å². The summed E-state index contributed by atoms with van der Waals surface area (Å²) in [5.41, 5.74) is 2.44. The third-order valence-corrected chi connectivity index (χ3v) is 2.27. The molecule has 0 atom stereocenters. The van der Waals surface area contributed by atoms with Crippen LogP contribution in [0.4, 0.5) is 0 Å². The first kappa shape index (κ1) is 9.29. The maximum Gasteiger partial charge on any atom is 0.338 e. The van der Waals surface area contributed by atoms with E-state index < -0.39 is 0 Å². The van der Waals surface area contributed by atoms with Crippen LogP contribution in [-0.2, 0) is 11.3 Å². The Labute approximate surface area is 90.4 Å². The number of fused-ring (bicyclic) bond motifs is 1. The predicted molar refractivity (Wildman–Crippen MR) is 56.2 cm³/mol. The van der Waals surface area contributed by atoms with Crippen molar-refractivity contribution in [3.8, 4) is 11.8 Å². The molecular weight excluding hydrogens is 244 g/mol. The molecule has 0 fully saturated rings. The second-order valence-electron chi connectivity index (χ2n) is 2.88. The minimum Gasteiger partial charge on any atom is -0.457 e. The van der Waals surface area contributed by atoms with Gasteiger partial charge in [0.05, 0.1) is 10.9 Å². The first-order valence-corrected chi connectivity index (χ1v) is 5.28. The molecule has 0 amide bonds. The highest BCUT2D eigenvalue weighted by Gasteiger charge is 2.20. The number of rotatable bonds is 0. The van der Waals surface area contributed by atoms with Crippen molar-refractivity contribution in [3.05, 3.63) is 34.9 Å². The number of hydrogen-bond acceptors (Lipinski definition) is 2. The van der Waals surface area contributed by atoms with Crippen LogP contribution < -0.4 is 0 Å². The Hall–Kier alpha value is -1.27. The molecule has 3 heteroatoms. The summed E-state index contributed by atoms with van der Waals surface area (Å²) in [6, 6.07) is 5.56. The maximum atomic E-state index is 11.2. The molecule has 1 aromatic rings. The fourth-order valence-electron chi connectivity index (χ4n) is 1.33. The van der Waals surface area contributed by atoms with E-state index in [1.807, 2.05) is 12.1 Å². The standard InChI is InChI=1S/C11H7BrO2/c12-5-1-2-8-3-4-9-7-14-11(13)10(9)6-8/h3-4,6H,5,7H2. The zero-order valence-electron chi connectivity index (χ0n) is 7.34. The summed E-state index contributed by atoms with van der Waals surface area (Å²) < 4.78 is 4.89. The van der Waals surface area contributed by atoms with Crippen LogP contribution >= 0.6 is 15.9 Å². The Bertz CT molecular complexity index is 440. The van der Waals surface area contributed by atoms with Crippen LogP contribution in [0, 0.1) is 11.8 Å². The van der Waals surface area contributed by atoms with Gasteiger partial charge in [0, 0.05) is 11.1 Å². The van der Waals surface area contributed by atoms with E-state index in [1.54, 1.807) is 6.07 Å². The highest BCUT2D eigenvalue weighted by atomic mass is 79.9. The normalized spacial score (nSPS) is 12.8. The van der Waals surface area contributed by atoms with Crippen LogP contribution in [0.3, 0.4) is 0 Å². The Kier molecular flexibility index (Phi) is 2.55. The van der Waals surface area contributed by atoms with Gasteiger partial charge in [-0.15, -0.1) is 0 Å². The van der Waals surface area contributed by atoms with Gasteiger partial charge in [0.25, 0.3) is 0 Å². The fraction of sp³-hybridized carbons (Fsp3) is 0.182. The Morgan fingerprint density at radius 1 is 1.50 bits per heavy atom. The number of alkyl halides is 1. The third-order valence-electron chi connectivity index (χ3n) is 1.99. The highest BCUT2D eigenvalue weighted by molar-refractivity contribution is 9.09. The maximum absolute atomic E-state index is 11.2. The monoisotopic (exact) mass is 250 g/mol. The quantitative estimate of drug-likeness (QED) is 0.401. The van der Waals surface area contributed by atoms with Crippen molar-refractivity contribution in [1.29, 1.82) is 0 Å². The van der Waals surface area contributed by atoms with Crippen molar-refractivity contribution in [2.45, 2.75) is 6.61 Å². The van der Waals surface area contributed by atoms with Gasteiger partial charge in [0.1, 0.15) is 6.61 Å². The van der Waals surface area contributed by atoms with Crippen molar-refractivity contribution in [3.63, 3.8) is 0 Å². The summed E-state index contributed by atoms with van der Waals surface area (Å²) in [5, 5.41) is 0.633. The number of cyclic esters (lactones) is 1. The number of halogens is 1. The van der Waals surface area contributed by atoms with Crippen LogP contribution in [0.5, 0.6) is 0 Å². The minimum absolute atomic E-state index is 0.248. The van der Waals surface area contributed by atoms with E-state index in [-0.39, 0.29) is 5.97 Å². The van der Waals surface area contributed by atoms with E-state index in [9.17, 15) is 4.79 Å². The fourth-order valence-corrected chi connectivity index (χ4v) is 1.47. The van der Waals surface area contributed by atoms with Gasteiger partial charge in [0.15, 0.2) is 0 Å². The number of esters is 1. The summed E-state index contributed by atoms with van der Waals surface area (Å²) in [6.45, 7) is 0.389. The molecule has 0 aromatic heterocycles. The second kappa shape index (κ2) is 3.85. The van der Waals surface area contributed by atoms with Crippen molar-refractivity contribution < 1.29 is 9.53 Å². The lowest BCUT2D eigenvalue weighted by atomic mass is 10.1. The van der Waals surface area contributed by atoms with Crippen LogP contribution in [0.15, 0.2) is 18.2 Å². The molecule has 1 aromatic carbocycles. The molecule has 0 saturated carbocycles. The van der Waals surface area contributed by atoms with E-state index >= 15 is 0 Å². The van der Waals surface area contributed by atoms with Crippen LogP contribution in [0.2, 0.25) is 0 Å². The van der Waals surface area contributed by atoms with E-state index in [4.69, 9.17) is 4.74 Å². The van der Waals surface area contributed by atoms with E-state index in [1.165, 1.54) is 0 Å². The minimum atomic E-state index is -0.248. The zero-order valence-corrected chi connectivity index (χ0v) is 8.93. The van der Waals surface area contributed by atoms with Crippen molar-refractivity contribution in [2.75, 3.05) is 5.33 Å². The van der Waals surface area contributed by atoms with Crippen LogP contribution in [0.1, 0.15) is 21.5 Å². The number of carbonyl (C=O) groups excluding carboxylic acids is 1. The predicted octanol–water partition coefficient (Wildman–Crippen LogP) is 2.10. The van der Waals surface area contributed by atoms with Gasteiger partial charge in [-0.1, -0.05) is 33.8 Å². The SMILES string of the molecule is O=C1OCc2ccc(C#CCBr)cc21. The molecule has 0 radical (unpaired) electrons. The highest BCUT2D eigenvalue weighted by Crippen LogP contribution is 2.20. The summed E-state index contributed by atoms with van der Waals surface area (Å²) >= 11 is 3.22. The molecule has 1 aliphatic rings. The molecule has 1 aliphatic heterocycles. The van der Waals surface area contributed by atoms with Gasteiger partial charge in [-0.2, -0.15) is 0 Å². The molecule has 2 rings (SSSR count). The Balaban J connectivity index is 2.39. The molecule has 1 heterocycles. The Morgan fingerprint density at radius 2 is 2.36 bits per heavy atom. The average Bonchev–Trinajstić information content (AvgIpc) is 2.57. The molecule has 0 spiro atoms. The molecule has 14 heavy (non-hydrogen) atoms. The first-order valence-electron chi connectivity index (χ1n) is 4.16. The second-order valence-corrected chi connectivity index (χ2v) is 3.44. The largest absolute Gasteiger partial charge is 0.457 e. The van der Waals surface area contributed by atoms with Gasteiger partial charge >= 0.3 is 5.97 Å². The molecule has 0 unspecified atom stereocenters. The smallest absolute Gasteiger partial charge is 0.338 e. The van der Waals surface area contributed by atoms with Crippen molar-refractivity contribution >= 4 is 21.9 Å². The number of carbonyl (C=O) groups is 1. The van der Waals surface area contributed by atoms with Gasteiger partial charge in [-0.3, -0.25) is 0 Å². The van der Waals surface area contributed by atoms with Crippen molar-refractivity contribution in [1.82, 2.24) is 0 Å². The number of hydrogen-bond donors (Lipinski definition) is 0. The molecule has 0 N–H and O–H groups in total. The lowest BCUT2D eigenvalue weighted by Crippen LogP contribution is -1.93. The van der Waals surface area contributed by atoms with Crippen LogP contribution in [-0.4, -0.2) is 11.3 Å². The molecule has 2 nitrogen and oxygen atoms in total. The lowest BCUT2D eigenvalue weighted by molar-refractivity contribution is 0.0535. The van der Waals surface area contributed by atoms with E-state index in [0.717, 1.165) is 11.1 Å². The zero-order chi connectivity index (χ0) is 9.97. The summed E-state index contributed by atoms with van der Waals surface area (Å²) in [7, 11) is 0. The lowest BCUT2D eigenvalue weighted by Gasteiger charge is -1.94. The molecule has 70 valence electrons. The van der Waals surface area contributed by atoms with Gasteiger partial charge in [-0.05, 0) is 12.1 Å². The van der Waals surface area contributed by atoms with Crippen molar-refractivity contribution in [2.24, 2.45) is 0 Å². The molecule has 0 saturated heterocycles. The third kappa shape index (κ3) is 1.66. The van der Waals surface area contributed by atoms with E-state index in [2.05, 4.69) is 27.8 Å². The summed E-state index contributed by atoms with van der Waals surface area (Å²) in [4.78, 5) is 11.2. The Morgan fingerprint density at radius 3 is 3.14 bits per heavy atom. The average molecular weight is 251 g/mol. The topological polar surface area (TPSA) is 26.3 Å².